The van der Waals surface area contributed by atoms with Crippen LogP contribution in [-0.2, 0) is 4.74 Å². The fourth-order valence-corrected chi connectivity index (χ4v) is 1.48. The Morgan fingerprint density at radius 1 is 1.36 bits per heavy atom. The molecule has 0 radical (unpaired) electrons. The lowest BCUT2D eigenvalue weighted by Crippen LogP contribution is -2.28. The van der Waals surface area contributed by atoms with E-state index in [-0.39, 0.29) is 0 Å². The number of rotatable bonds is 8. The zero-order valence-electron chi connectivity index (χ0n) is 9.73. The molecule has 82 valence electrons. The third-order valence-corrected chi connectivity index (χ3v) is 2.19. The molecule has 0 fully saturated rings. The lowest BCUT2D eigenvalue weighted by atomic mass is 10.1. The summed E-state index contributed by atoms with van der Waals surface area (Å²) < 4.78 is 5.04. The first-order chi connectivity index (χ1) is 6.85. The molecule has 0 saturated heterocycles. The molecule has 0 aliphatic heterocycles. The molecule has 0 aromatic carbocycles. The zero-order valence-corrected chi connectivity index (χ0v) is 9.73. The van der Waals surface area contributed by atoms with Gasteiger partial charge in [-0.2, -0.15) is 0 Å². The van der Waals surface area contributed by atoms with Gasteiger partial charge >= 0.3 is 0 Å². The lowest BCUT2D eigenvalue weighted by molar-refractivity contribution is 0.188. The summed E-state index contributed by atoms with van der Waals surface area (Å²) in [6.45, 7) is 5.94. The molecule has 0 saturated carbocycles. The van der Waals surface area contributed by atoms with E-state index in [4.69, 9.17) is 4.74 Å². The number of ether oxygens (including phenoxy) is 1. The highest BCUT2D eigenvalue weighted by Crippen LogP contribution is 2.04. The van der Waals surface area contributed by atoms with Crippen LogP contribution in [-0.4, -0.2) is 26.3 Å². The van der Waals surface area contributed by atoms with Crippen molar-refractivity contribution in [1.82, 2.24) is 5.32 Å². The molecule has 1 atom stereocenters. The third-order valence-electron chi connectivity index (χ3n) is 2.19. The Hall–Kier alpha value is -0.520. The average Bonchev–Trinajstić information content (AvgIpc) is 2.18. The monoisotopic (exact) mass is 197 g/mol. The van der Waals surface area contributed by atoms with Gasteiger partial charge in [-0.3, -0.25) is 0 Å². The van der Waals surface area contributed by atoms with Crippen molar-refractivity contribution in [2.45, 2.75) is 45.6 Å². The first-order valence-electron chi connectivity index (χ1n) is 5.47. The molecule has 0 aliphatic rings. The van der Waals surface area contributed by atoms with Gasteiger partial charge in [0.2, 0.25) is 0 Å². The summed E-state index contributed by atoms with van der Waals surface area (Å²) in [7, 11) is 1.75. The Kier molecular flexibility index (Phi) is 10.2. The topological polar surface area (TPSA) is 21.3 Å². The van der Waals surface area contributed by atoms with E-state index in [9.17, 15) is 0 Å². The van der Waals surface area contributed by atoms with Crippen molar-refractivity contribution in [2.24, 2.45) is 0 Å². The van der Waals surface area contributed by atoms with Gasteiger partial charge in [-0.05, 0) is 32.7 Å². The maximum absolute atomic E-state index is 5.04. The predicted molar refractivity (Wildman–Crippen MR) is 61.3 cm³/mol. The Balaban J connectivity index is 3.57. The Bertz CT molecular complexity index is 169. The fourth-order valence-electron chi connectivity index (χ4n) is 1.48. The lowest BCUT2D eigenvalue weighted by Gasteiger charge is -2.16. The van der Waals surface area contributed by atoms with Gasteiger partial charge in [-0.1, -0.05) is 6.92 Å². The van der Waals surface area contributed by atoms with E-state index in [1.165, 1.54) is 6.42 Å². The van der Waals surface area contributed by atoms with Crippen LogP contribution in [0.25, 0.3) is 0 Å². The summed E-state index contributed by atoms with van der Waals surface area (Å²) in [5.74, 6) is 6.04. The maximum atomic E-state index is 5.04. The summed E-state index contributed by atoms with van der Waals surface area (Å²) in [4.78, 5) is 0. The van der Waals surface area contributed by atoms with E-state index < -0.39 is 0 Å². The SMILES string of the molecule is CC#CCCC(CCCOC)NCC. The van der Waals surface area contributed by atoms with E-state index >= 15 is 0 Å². The molecular weight excluding hydrogens is 174 g/mol. The van der Waals surface area contributed by atoms with Crippen molar-refractivity contribution < 1.29 is 4.74 Å². The van der Waals surface area contributed by atoms with Crippen LogP contribution < -0.4 is 5.32 Å². The quantitative estimate of drug-likeness (QED) is 0.476. The van der Waals surface area contributed by atoms with E-state index in [0.29, 0.717) is 6.04 Å². The first-order valence-corrected chi connectivity index (χ1v) is 5.47. The summed E-state index contributed by atoms with van der Waals surface area (Å²) in [5, 5.41) is 3.48. The minimum atomic E-state index is 0.607. The molecule has 0 bridgehead atoms. The highest BCUT2D eigenvalue weighted by Gasteiger charge is 2.05. The molecule has 1 unspecified atom stereocenters. The van der Waals surface area contributed by atoms with Crippen LogP contribution in [0.15, 0.2) is 0 Å². The van der Waals surface area contributed by atoms with Crippen molar-refractivity contribution in [3.8, 4) is 11.8 Å². The molecular formula is C12H23NO. The molecule has 0 aliphatic carbocycles. The smallest absolute Gasteiger partial charge is 0.0462 e. The van der Waals surface area contributed by atoms with E-state index in [0.717, 1.165) is 32.4 Å². The molecule has 1 N–H and O–H groups in total. The molecule has 2 heteroatoms. The van der Waals surface area contributed by atoms with Gasteiger partial charge in [0, 0.05) is 26.2 Å². The second-order valence-corrected chi connectivity index (χ2v) is 3.36. The van der Waals surface area contributed by atoms with Gasteiger partial charge in [0.25, 0.3) is 0 Å². The van der Waals surface area contributed by atoms with Crippen LogP contribution in [0.4, 0.5) is 0 Å². The standard InChI is InChI=1S/C12H23NO/c1-4-6-7-9-12(13-5-2)10-8-11-14-3/h12-13H,5,7-11H2,1-3H3. The van der Waals surface area contributed by atoms with Crippen molar-refractivity contribution in [3.63, 3.8) is 0 Å². The summed E-state index contributed by atoms with van der Waals surface area (Å²) in [6.07, 6.45) is 4.47. The third kappa shape index (κ3) is 8.10. The summed E-state index contributed by atoms with van der Waals surface area (Å²) in [5.41, 5.74) is 0. The van der Waals surface area contributed by atoms with Gasteiger partial charge < -0.3 is 10.1 Å². The van der Waals surface area contributed by atoms with Crippen LogP contribution in [0.3, 0.4) is 0 Å². The molecule has 0 aromatic rings. The Labute approximate surface area is 88.4 Å². The van der Waals surface area contributed by atoms with Gasteiger partial charge in [0.1, 0.15) is 0 Å². The molecule has 14 heavy (non-hydrogen) atoms. The number of nitrogens with one attached hydrogen (secondary N) is 1. The molecule has 0 amide bonds. The first kappa shape index (κ1) is 13.5. The average molecular weight is 197 g/mol. The maximum Gasteiger partial charge on any atom is 0.0462 e. The van der Waals surface area contributed by atoms with E-state index in [1.54, 1.807) is 7.11 Å². The molecule has 2 nitrogen and oxygen atoms in total. The zero-order chi connectivity index (χ0) is 10.6. The Morgan fingerprint density at radius 2 is 2.14 bits per heavy atom. The molecule has 0 rings (SSSR count). The Morgan fingerprint density at radius 3 is 2.71 bits per heavy atom. The van der Waals surface area contributed by atoms with Gasteiger partial charge in [0.05, 0.1) is 0 Å². The minimum Gasteiger partial charge on any atom is -0.385 e. The summed E-state index contributed by atoms with van der Waals surface area (Å²) in [6, 6.07) is 0.607. The number of methoxy groups -OCH3 is 1. The van der Waals surface area contributed by atoms with E-state index in [2.05, 4.69) is 24.1 Å². The van der Waals surface area contributed by atoms with Crippen LogP contribution in [0.1, 0.15) is 39.5 Å². The van der Waals surface area contributed by atoms with Crippen molar-refractivity contribution >= 4 is 0 Å². The summed E-state index contributed by atoms with van der Waals surface area (Å²) >= 11 is 0. The normalized spacial score (nSPS) is 11.9. The van der Waals surface area contributed by atoms with Crippen LogP contribution in [0, 0.1) is 11.8 Å². The van der Waals surface area contributed by atoms with Crippen LogP contribution in [0.5, 0.6) is 0 Å². The van der Waals surface area contributed by atoms with Gasteiger partial charge in [0.15, 0.2) is 0 Å². The van der Waals surface area contributed by atoms with E-state index in [1.807, 2.05) is 6.92 Å². The minimum absolute atomic E-state index is 0.607. The highest BCUT2D eigenvalue weighted by molar-refractivity contribution is 4.95. The molecule has 0 spiro atoms. The van der Waals surface area contributed by atoms with Crippen LogP contribution >= 0.6 is 0 Å². The second kappa shape index (κ2) is 10.6. The fraction of sp³-hybridized carbons (Fsp3) is 0.833. The highest BCUT2D eigenvalue weighted by atomic mass is 16.5. The second-order valence-electron chi connectivity index (χ2n) is 3.36. The number of hydrogen-bond donors (Lipinski definition) is 1. The predicted octanol–water partition coefficient (Wildman–Crippen LogP) is 2.19. The molecule has 0 heterocycles. The van der Waals surface area contributed by atoms with Crippen molar-refractivity contribution in [2.75, 3.05) is 20.3 Å². The van der Waals surface area contributed by atoms with Crippen LogP contribution in [0.2, 0.25) is 0 Å². The van der Waals surface area contributed by atoms with Crippen molar-refractivity contribution in [3.05, 3.63) is 0 Å². The largest absolute Gasteiger partial charge is 0.385 e. The van der Waals surface area contributed by atoms with Crippen molar-refractivity contribution in [1.29, 1.82) is 0 Å². The van der Waals surface area contributed by atoms with Gasteiger partial charge in [-0.25, -0.2) is 0 Å². The van der Waals surface area contributed by atoms with Gasteiger partial charge in [-0.15, -0.1) is 11.8 Å². The number of hydrogen-bond acceptors (Lipinski definition) is 2. The molecule has 0 aromatic heterocycles.